The first-order valence-corrected chi connectivity index (χ1v) is 4.56. The first-order valence-electron chi connectivity index (χ1n) is 3.77. The summed E-state index contributed by atoms with van der Waals surface area (Å²) < 4.78 is 2.98. The lowest BCUT2D eigenvalue weighted by Gasteiger charge is -1.99. The average Bonchev–Trinajstić information content (AvgIpc) is 2.42. The fourth-order valence-corrected chi connectivity index (χ4v) is 1.98. The quantitative estimate of drug-likeness (QED) is 0.673. The van der Waals surface area contributed by atoms with Gasteiger partial charge in [-0.25, -0.2) is 0 Å². The van der Waals surface area contributed by atoms with E-state index in [4.69, 9.17) is 0 Å². The predicted molar refractivity (Wildman–Crippen MR) is 53.2 cm³/mol. The van der Waals surface area contributed by atoms with Crippen molar-refractivity contribution in [3.63, 3.8) is 0 Å². The van der Waals surface area contributed by atoms with Crippen molar-refractivity contribution in [2.75, 3.05) is 0 Å². The third-order valence-electron chi connectivity index (χ3n) is 2.07. The Hall–Kier alpha value is -0.830. The highest BCUT2D eigenvalue weighted by atomic mass is 79.9. The summed E-state index contributed by atoms with van der Waals surface area (Å²) in [5, 5.41) is 5.42. The van der Waals surface area contributed by atoms with Gasteiger partial charge in [0.25, 0.3) is 0 Å². The van der Waals surface area contributed by atoms with Crippen molar-refractivity contribution < 1.29 is 0 Å². The number of hydrogen-bond donors (Lipinski definition) is 0. The van der Waals surface area contributed by atoms with E-state index < -0.39 is 0 Å². The van der Waals surface area contributed by atoms with Crippen LogP contribution in [-0.2, 0) is 7.05 Å². The number of halogens is 1. The first kappa shape index (κ1) is 7.80. The monoisotopic (exact) mass is 224 g/mol. The fraction of sp³-hybridized carbons (Fsp3) is 0.222. The molecule has 1 heterocycles. The molecule has 12 heavy (non-hydrogen) atoms. The molecule has 2 nitrogen and oxygen atoms in total. The van der Waals surface area contributed by atoms with Crippen molar-refractivity contribution in [3.05, 3.63) is 28.4 Å². The van der Waals surface area contributed by atoms with Crippen molar-refractivity contribution in [1.82, 2.24) is 9.78 Å². The minimum absolute atomic E-state index is 1.10. The smallest absolute Gasteiger partial charge is 0.0823 e. The van der Waals surface area contributed by atoms with Crippen molar-refractivity contribution in [3.8, 4) is 0 Å². The van der Waals surface area contributed by atoms with E-state index in [1.54, 1.807) is 0 Å². The summed E-state index contributed by atoms with van der Waals surface area (Å²) in [5.41, 5.74) is 2.43. The van der Waals surface area contributed by atoms with E-state index in [9.17, 15) is 0 Å². The third kappa shape index (κ3) is 0.966. The number of hydrogen-bond acceptors (Lipinski definition) is 1. The van der Waals surface area contributed by atoms with Crippen molar-refractivity contribution in [2.45, 2.75) is 6.92 Å². The van der Waals surface area contributed by atoms with Crippen LogP contribution in [-0.4, -0.2) is 9.78 Å². The molecule has 0 aliphatic rings. The zero-order chi connectivity index (χ0) is 8.72. The van der Waals surface area contributed by atoms with Gasteiger partial charge in [0.2, 0.25) is 0 Å². The van der Waals surface area contributed by atoms with Gasteiger partial charge in [-0.3, -0.25) is 4.68 Å². The molecule has 0 aliphatic carbocycles. The molecule has 1 aromatic heterocycles. The summed E-state index contributed by atoms with van der Waals surface area (Å²) >= 11 is 3.50. The highest BCUT2D eigenvalue weighted by Gasteiger charge is 2.04. The van der Waals surface area contributed by atoms with Crippen LogP contribution in [0.2, 0.25) is 0 Å². The van der Waals surface area contributed by atoms with E-state index in [-0.39, 0.29) is 0 Å². The number of aromatic nitrogens is 2. The van der Waals surface area contributed by atoms with Gasteiger partial charge in [-0.15, -0.1) is 0 Å². The van der Waals surface area contributed by atoms with Gasteiger partial charge in [0.1, 0.15) is 0 Å². The normalized spacial score (nSPS) is 10.9. The van der Waals surface area contributed by atoms with E-state index in [1.807, 2.05) is 17.9 Å². The van der Waals surface area contributed by atoms with Crippen molar-refractivity contribution >= 4 is 26.8 Å². The van der Waals surface area contributed by atoms with Gasteiger partial charge >= 0.3 is 0 Å². The molecule has 2 aromatic rings. The van der Waals surface area contributed by atoms with Crippen LogP contribution in [0.5, 0.6) is 0 Å². The molecule has 0 saturated heterocycles. The predicted octanol–water partition coefficient (Wildman–Crippen LogP) is 2.64. The molecule has 0 amide bonds. The third-order valence-corrected chi connectivity index (χ3v) is 2.71. The Morgan fingerprint density at radius 1 is 1.42 bits per heavy atom. The van der Waals surface area contributed by atoms with Crippen molar-refractivity contribution in [1.29, 1.82) is 0 Å². The number of fused-ring (bicyclic) bond motifs is 1. The second kappa shape index (κ2) is 2.59. The Bertz CT molecular complexity index is 431. The molecule has 0 spiro atoms. The molecule has 3 heteroatoms. The molecule has 0 bridgehead atoms. The summed E-state index contributed by atoms with van der Waals surface area (Å²) in [5.74, 6) is 0. The molecule has 0 N–H and O–H groups in total. The molecule has 2 rings (SSSR count). The zero-order valence-corrected chi connectivity index (χ0v) is 8.59. The molecule has 0 aliphatic heterocycles. The highest BCUT2D eigenvalue weighted by Crippen LogP contribution is 2.25. The van der Waals surface area contributed by atoms with E-state index >= 15 is 0 Å². The molecular weight excluding hydrogens is 216 g/mol. The molecule has 0 atom stereocenters. The van der Waals surface area contributed by atoms with Gasteiger partial charge in [-0.05, 0) is 34.5 Å². The zero-order valence-electron chi connectivity index (χ0n) is 7.00. The Labute approximate surface area is 79.3 Å². The Kier molecular flexibility index (Phi) is 1.68. The summed E-state index contributed by atoms with van der Waals surface area (Å²) in [7, 11) is 1.95. The van der Waals surface area contributed by atoms with Gasteiger partial charge < -0.3 is 0 Å². The summed E-state index contributed by atoms with van der Waals surface area (Å²) in [6.07, 6.45) is 1.90. The number of rotatable bonds is 0. The van der Waals surface area contributed by atoms with Crippen LogP contribution < -0.4 is 0 Å². The Balaban J connectivity index is 2.98. The largest absolute Gasteiger partial charge is 0.267 e. The summed E-state index contributed by atoms with van der Waals surface area (Å²) in [4.78, 5) is 0. The van der Waals surface area contributed by atoms with Crippen LogP contribution in [0.25, 0.3) is 10.9 Å². The van der Waals surface area contributed by atoms with Gasteiger partial charge in [-0.2, -0.15) is 5.10 Å². The minimum atomic E-state index is 1.10. The van der Waals surface area contributed by atoms with Crippen LogP contribution in [0.4, 0.5) is 0 Å². The van der Waals surface area contributed by atoms with Gasteiger partial charge in [-0.1, -0.05) is 6.07 Å². The highest BCUT2D eigenvalue weighted by molar-refractivity contribution is 9.10. The molecular formula is C9H9BrN2. The second-order valence-corrected chi connectivity index (χ2v) is 3.75. The Morgan fingerprint density at radius 2 is 2.17 bits per heavy atom. The molecule has 1 aromatic carbocycles. The van der Waals surface area contributed by atoms with Gasteiger partial charge in [0, 0.05) is 16.9 Å². The standard InChI is InChI=1S/C9H9BrN2/c1-6-3-4-8(10)9-7(6)5-11-12(9)2/h3-5H,1-2H3. The summed E-state index contributed by atoms with van der Waals surface area (Å²) in [6, 6.07) is 4.15. The van der Waals surface area contributed by atoms with Crippen LogP contribution in [0.3, 0.4) is 0 Å². The molecule has 62 valence electrons. The number of nitrogens with zero attached hydrogens (tertiary/aromatic N) is 2. The molecule has 0 fully saturated rings. The van der Waals surface area contributed by atoms with Crippen LogP contribution in [0, 0.1) is 6.92 Å². The Morgan fingerprint density at radius 3 is 2.83 bits per heavy atom. The summed E-state index contributed by atoms with van der Waals surface area (Å²) in [6.45, 7) is 2.09. The first-order chi connectivity index (χ1) is 5.70. The SMILES string of the molecule is Cc1ccc(Br)c2c1cnn2C. The van der Waals surface area contributed by atoms with E-state index in [0.717, 1.165) is 9.99 Å². The van der Waals surface area contributed by atoms with Gasteiger partial charge in [0.15, 0.2) is 0 Å². The van der Waals surface area contributed by atoms with Gasteiger partial charge in [0.05, 0.1) is 11.7 Å². The average molecular weight is 225 g/mol. The fourth-order valence-electron chi connectivity index (χ4n) is 1.38. The lowest BCUT2D eigenvalue weighted by molar-refractivity contribution is 0.795. The molecule has 0 unspecified atom stereocenters. The van der Waals surface area contributed by atoms with Crippen molar-refractivity contribution in [2.24, 2.45) is 7.05 Å². The van der Waals surface area contributed by atoms with Crippen LogP contribution in [0.1, 0.15) is 5.56 Å². The van der Waals surface area contributed by atoms with Crippen LogP contribution in [0.15, 0.2) is 22.8 Å². The topological polar surface area (TPSA) is 17.8 Å². The second-order valence-electron chi connectivity index (χ2n) is 2.89. The molecule has 0 radical (unpaired) electrons. The number of aryl methyl sites for hydroxylation is 2. The maximum Gasteiger partial charge on any atom is 0.0823 e. The molecule has 0 saturated carbocycles. The van der Waals surface area contributed by atoms with E-state index in [2.05, 4.69) is 40.1 Å². The van der Waals surface area contributed by atoms with E-state index in [1.165, 1.54) is 10.9 Å². The number of benzene rings is 1. The lowest BCUT2D eigenvalue weighted by atomic mass is 10.1. The maximum absolute atomic E-state index is 4.20. The minimum Gasteiger partial charge on any atom is -0.267 e. The van der Waals surface area contributed by atoms with Crippen LogP contribution >= 0.6 is 15.9 Å². The van der Waals surface area contributed by atoms with E-state index in [0.29, 0.717) is 0 Å². The maximum atomic E-state index is 4.20. The lowest BCUT2D eigenvalue weighted by Crippen LogP contribution is -1.89.